The van der Waals surface area contributed by atoms with Crippen molar-refractivity contribution in [1.82, 2.24) is 10.3 Å². The minimum atomic E-state index is -4.80. The molecule has 1 heterocycles. The number of pyridine rings is 1. The van der Waals surface area contributed by atoms with Crippen LogP contribution in [0.3, 0.4) is 0 Å². The van der Waals surface area contributed by atoms with Crippen LogP contribution in [0.5, 0.6) is 0 Å². The van der Waals surface area contributed by atoms with Gasteiger partial charge in [0, 0.05) is 12.2 Å². The highest BCUT2D eigenvalue weighted by atomic mass is 19.4. The maximum atomic E-state index is 13.1. The number of carbonyl (C=O) groups is 2. The van der Waals surface area contributed by atoms with Crippen molar-refractivity contribution in [3.05, 3.63) is 29.6 Å². The molecule has 2 rings (SSSR count). The molecule has 0 bridgehead atoms. The van der Waals surface area contributed by atoms with E-state index in [0.717, 1.165) is 0 Å². The van der Waals surface area contributed by atoms with E-state index in [1.165, 1.54) is 18.3 Å². The second-order valence-electron chi connectivity index (χ2n) is 6.83. The van der Waals surface area contributed by atoms with E-state index in [4.69, 9.17) is 4.74 Å². The van der Waals surface area contributed by atoms with Crippen LogP contribution >= 0.6 is 0 Å². The third-order valence-electron chi connectivity index (χ3n) is 4.72. The minimum absolute atomic E-state index is 0.0269. The average molecular weight is 426 g/mol. The number of hydrogen-bond acceptors (Lipinski definition) is 4. The third-order valence-corrected chi connectivity index (χ3v) is 4.72. The molecule has 3 atom stereocenters. The van der Waals surface area contributed by atoms with Gasteiger partial charge in [0.2, 0.25) is 0 Å². The number of aromatic nitrogens is 1. The van der Waals surface area contributed by atoms with Crippen LogP contribution in [0.15, 0.2) is 18.3 Å². The molecule has 1 aromatic heterocycles. The predicted octanol–water partition coefficient (Wildman–Crippen LogP) is 3.83. The van der Waals surface area contributed by atoms with E-state index in [1.54, 1.807) is 6.92 Å². The number of esters is 1. The Morgan fingerprint density at radius 3 is 2.21 bits per heavy atom. The lowest BCUT2D eigenvalue weighted by molar-refractivity contribution is -0.225. The number of rotatable bonds is 5. The van der Waals surface area contributed by atoms with Crippen LogP contribution in [0, 0.1) is 11.8 Å². The van der Waals surface area contributed by atoms with Crippen LogP contribution in [0.4, 0.5) is 26.3 Å². The molecule has 29 heavy (non-hydrogen) atoms. The Labute approximate surface area is 162 Å². The summed E-state index contributed by atoms with van der Waals surface area (Å²) in [4.78, 5) is 28.1. The van der Waals surface area contributed by atoms with Gasteiger partial charge in [0.25, 0.3) is 5.91 Å². The second-order valence-corrected chi connectivity index (χ2v) is 6.83. The highest BCUT2D eigenvalue weighted by Gasteiger charge is 2.52. The van der Waals surface area contributed by atoms with Gasteiger partial charge in [-0.25, -0.2) is 0 Å². The van der Waals surface area contributed by atoms with Crippen molar-refractivity contribution in [2.24, 2.45) is 11.8 Å². The Balaban J connectivity index is 2.17. The van der Waals surface area contributed by atoms with Gasteiger partial charge < -0.3 is 10.1 Å². The van der Waals surface area contributed by atoms with E-state index in [1.807, 2.05) is 0 Å². The summed E-state index contributed by atoms with van der Waals surface area (Å²) in [6.07, 6.45) is -11.0. The second kappa shape index (κ2) is 9.00. The Bertz CT molecular complexity index is 713. The summed E-state index contributed by atoms with van der Waals surface area (Å²) in [7, 11) is 0. The number of halogens is 6. The number of hydrogen-bond donors (Lipinski definition) is 1. The van der Waals surface area contributed by atoms with E-state index in [2.05, 4.69) is 10.3 Å². The highest BCUT2D eigenvalue weighted by Crippen LogP contribution is 2.45. The van der Waals surface area contributed by atoms with E-state index in [0.29, 0.717) is 0 Å². The standard InChI is InChI=1S/C18H20F6N2O3/c1-2-29-15(27)9-14-13(4-3-5-25-14)16(28)26-12-7-10(17(19,20)21)6-11(8-12)18(22,23)24/h3-5,10-12H,2,6-9H2,1H3,(H,26,28)/t10-,11+,12?. The third kappa shape index (κ3) is 6.33. The van der Waals surface area contributed by atoms with E-state index in [9.17, 15) is 35.9 Å². The summed E-state index contributed by atoms with van der Waals surface area (Å²) in [5.41, 5.74) is -0.0720. The summed E-state index contributed by atoms with van der Waals surface area (Å²) >= 11 is 0. The van der Waals surface area contributed by atoms with Gasteiger partial charge in [-0.05, 0) is 38.3 Å². The van der Waals surface area contributed by atoms with Gasteiger partial charge >= 0.3 is 18.3 Å². The summed E-state index contributed by atoms with van der Waals surface area (Å²) in [6, 6.07) is 1.36. The topological polar surface area (TPSA) is 68.3 Å². The lowest BCUT2D eigenvalue weighted by atomic mass is 9.77. The number of carbonyl (C=O) groups excluding carboxylic acids is 2. The van der Waals surface area contributed by atoms with Crippen LogP contribution in [0.2, 0.25) is 0 Å². The fraction of sp³-hybridized carbons (Fsp3) is 0.611. The highest BCUT2D eigenvalue weighted by molar-refractivity contribution is 5.96. The molecule has 0 radical (unpaired) electrons. The molecule has 0 aliphatic heterocycles. The molecule has 1 N–H and O–H groups in total. The smallest absolute Gasteiger partial charge is 0.391 e. The first-order chi connectivity index (χ1) is 13.4. The average Bonchev–Trinajstić information content (AvgIpc) is 2.60. The fourth-order valence-corrected chi connectivity index (χ4v) is 3.37. The van der Waals surface area contributed by atoms with Gasteiger partial charge in [-0.3, -0.25) is 14.6 Å². The zero-order valence-electron chi connectivity index (χ0n) is 15.4. The zero-order valence-corrected chi connectivity index (χ0v) is 15.4. The lowest BCUT2D eigenvalue weighted by Gasteiger charge is -2.37. The first-order valence-electron chi connectivity index (χ1n) is 8.95. The van der Waals surface area contributed by atoms with E-state index in [-0.39, 0.29) is 24.3 Å². The first kappa shape index (κ1) is 23.0. The number of alkyl halides is 6. The zero-order chi connectivity index (χ0) is 21.8. The van der Waals surface area contributed by atoms with Crippen molar-refractivity contribution < 1.29 is 40.7 Å². The van der Waals surface area contributed by atoms with Crippen LogP contribution in [0.25, 0.3) is 0 Å². The van der Waals surface area contributed by atoms with Crippen LogP contribution < -0.4 is 5.32 Å². The lowest BCUT2D eigenvalue weighted by Crippen LogP contribution is -2.47. The van der Waals surface area contributed by atoms with Crippen molar-refractivity contribution in [1.29, 1.82) is 0 Å². The van der Waals surface area contributed by atoms with Crippen molar-refractivity contribution in [3.63, 3.8) is 0 Å². The summed E-state index contributed by atoms with van der Waals surface area (Å²) in [6.45, 7) is 1.69. The SMILES string of the molecule is CCOC(=O)Cc1ncccc1C(=O)NC1C[C@@H](C(F)(F)F)C[C@@H](C(F)(F)F)C1. The quantitative estimate of drug-likeness (QED) is 0.574. The molecule has 1 amide bonds. The molecule has 11 heteroatoms. The molecule has 0 aromatic carbocycles. The normalized spacial score (nSPS) is 22.8. The summed E-state index contributed by atoms with van der Waals surface area (Å²) < 4.78 is 83.2. The van der Waals surface area contributed by atoms with Crippen LogP contribution in [-0.4, -0.2) is 41.9 Å². The summed E-state index contributed by atoms with van der Waals surface area (Å²) in [5, 5.41) is 2.25. The molecule has 162 valence electrons. The largest absolute Gasteiger partial charge is 0.466 e. The van der Waals surface area contributed by atoms with Crippen LogP contribution in [-0.2, 0) is 16.0 Å². The molecule has 1 aromatic rings. The first-order valence-corrected chi connectivity index (χ1v) is 8.95. The van der Waals surface area contributed by atoms with E-state index >= 15 is 0 Å². The predicted molar refractivity (Wildman–Crippen MR) is 88.8 cm³/mol. The Morgan fingerprint density at radius 2 is 1.69 bits per heavy atom. The van der Waals surface area contributed by atoms with Crippen molar-refractivity contribution in [3.8, 4) is 0 Å². The van der Waals surface area contributed by atoms with Gasteiger partial charge in [-0.1, -0.05) is 0 Å². The van der Waals surface area contributed by atoms with Gasteiger partial charge in [-0.2, -0.15) is 26.3 Å². The van der Waals surface area contributed by atoms with Gasteiger partial charge in [0.15, 0.2) is 0 Å². The molecule has 0 saturated heterocycles. The minimum Gasteiger partial charge on any atom is -0.466 e. The molecular weight excluding hydrogens is 406 g/mol. The molecule has 1 saturated carbocycles. The van der Waals surface area contributed by atoms with Gasteiger partial charge in [0.1, 0.15) is 0 Å². The van der Waals surface area contributed by atoms with Crippen molar-refractivity contribution in [2.75, 3.05) is 6.61 Å². The van der Waals surface area contributed by atoms with Gasteiger partial charge in [0.05, 0.1) is 36.1 Å². The van der Waals surface area contributed by atoms with Crippen LogP contribution in [0.1, 0.15) is 42.2 Å². The maximum absolute atomic E-state index is 13.1. The van der Waals surface area contributed by atoms with Gasteiger partial charge in [-0.15, -0.1) is 0 Å². The Hall–Kier alpha value is -2.33. The molecule has 5 nitrogen and oxygen atoms in total. The number of nitrogens with one attached hydrogen (secondary N) is 1. The number of amides is 1. The Morgan fingerprint density at radius 1 is 1.10 bits per heavy atom. The van der Waals surface area contributed by atoms with Crippen molar-refractivity contribution in [2.45, 2.75) is 51.0 Å². The Kier molecular flexibility index (Phi) is 7.12. The number of nitrogens with zero attached hydrogens (tertiary/aromatic N) is 1. The monoisotopic (exact) mass is 426 g/mol. The molecule has 0 spiro atoms. The van der Waals surface area contributed by atoms with E-state index < -0.39 is 61.4 Å². The van der Waals surface area contributed by atoms with Crippen molar-refractivity contribution >= 4 is 11.9 Å². The molecule has 1 unspecified atom stereocenters. The molecular formula is C18H20F6N2O3. The number of ether oxygens (including phenoxy) is 1. The molecule has 1 aliphatic rings. The molecule has 1 aliphatic carbocycles. The summed E-state index contributed by atoms with van der Waals surface area (Å²) in [5.74, 6) is -5.87. The molecule has 1 fully saturated rings. The maximum Gasteiger partial charge on any atom is 0.391 e. The fourth-order valence-electron chi connectivity index (χ4n) is 3.37.